The molecule has 1 N–H and O–H groups in total. The lowest BCUT2D eigenvalue weighted by atomic mass is 9.95. The Morgan fingerprint density at radius 2 is 1.74 bits per heavy atom. The van der Waals surface area contributed by atoms with Crippen LogP contribution in [-0.2, 0) is 4.74 Å². The van der Waals surface area contributed by atoms with Crippen molar-refractivity contribution in [1.29, 1.82) is 0 Å². The lowest BCUT2D eigenvalue weighted by Gasteiger charge is -2.40. The van der Waals surface area contributed by atoms with Crippen molar-refractivity contribution in [3.05, 3.63) is 47.5 Å². The van der Waals surface area contributed by atoms with Gasteiger partial charge in [-0.3, -0.25) is 4.90 Å². The van der Waals surface area contributed by atoms with Crippen LogP contribution in [0.3, 0.4) is 0 Å². The number of carbonyl (C=O) groups is 1. The first-order chi connectivity index (χ1) is 16.1. The maximum absolute atomic E-state index is 12.6. The Morgan fingerprint density at radius 3 is 2.32 bits per heavy atom. The Hall–Kier alpha value is -2.41. The van der Waals surface area contributed by atoms with Crippen LogP contribution in [0.5, 0.6) is 0 Å². The van der Waals surface area contributed by atoms with Crippen LogP contribution in [0.1, 0.15) is 102 Å². The minimum atomic E-state index is -0.512. The van der Waals surface area contributed by atoms with Crippen LogP contribution in [0.15, 0.2) is 30.3 Å². The standard InChI is InChI=1S/C27H41N5O2/c1-18(2)25-30-29-19(3)32(25)23-16-21-12-13-22(17-23)31(21)15-14-24(20-10-8-7-9-11-20)28-26(33)34-27(4,5)6/h7-11,18,21-24H,12-17H2,1-6H3,(H,28,33)/t21-,22+,23-,24-/m0/s1. The first kappa shape index (κ1) is 24.7. The van der Waals surface area contributed by atoms with E-state index < -0.39 is 5.60 Å². The fourth-order valence-electron chi connectivity index (χ4n) is 5.79. The number of rotatable bonds is 7. The minimum Gasteiger partial charge on any atom is -0.444 e. The summed E-state index contributed by atoms with van der Waals surface area (Å²) in [4.78, 5) is 15.3. The average molecular weight is 468 g/mol. The van der Waals surface area contributed by atoms with Gasteiger partial charge in [-0.05, 0) is 65.4 Å². The minimum absolute atomic E-state index is 0.0687. The van der Waals surface area contributed by atoms with Gasteiger partial charge in [0.1, 0.15) is 17.2 Å². The number of aryl methyl sites for hydroxylation is 1. The summed E-state index contributed by atoms with van der Waals surface area (Å²) < 4.78 is 7.96. The molecule has 1 aromatic carbocycles. The molecule has 0 unspecified atom stereocenters. The van der Waals surface area contributed by atoms with Crippen LogP contribution in [0.25, 0.3) is 0 Å². The predicted molar refractivity (Wildman–Crippen MR) is 134 cm³/mol. The number of nitrogens with zero attached hydrogens (tertiary/aromatic N) is 4. The zero-order chi connectivity index (χ0) is 24.5. The van der Waals surface area contributed by atoms with E-state index in [9.17, 15) is 4.79 Å². The third kappa shape index (κ3) is 5.62. The summed E-state index contributed by atoms with van der Waals surface area (Å²) in [5, 5.41) is 12.0. The highest BCUT2D eigenvalue weighted by molar-refractivity contribution is 5.68. The summed E-state index contributed by atoms with van der Waals surface area (Å²) in [5.74, 6) is 2.52. The van der Waals surface area contributed by atoms with E-state index in [4.69, 9.17) is 4.74 Å². The number of aromatic nitrogens is 3. The van der Waals surface area contributed by atoms with Crippen molar-refractivity contribution in [2.45, 2.75) is 109 Å². The molecule has 7 heteroatoms. The van der Waals surface area contributed by atoms with E-state index >= 15 is 0 Å². The Bertz CT molecular complexity index is 951. The van der Waals surface area contributed by atoms with Crippen LogP contribution in [0.4, 0.5) is 4.79 Å². The molecule has 0 spiro atoms. The van der Waals surface area contributed by atoms with Gasteiger partial charge in [-0.15, -0.1) is 10.2 Å². The molecule has 2 saturated heterocycles. The van der Waals surface area contributed by atoms with Gasteiger partial charge in [0.25, 0.3) is 0 Å². The Labute approximate surface area is 204 Å². The van der Waals surface area contributed by atoms with Crippen LogP contribution in [0, 0.1) is 6.92 Å². The molecule has 34 heavy (non-hydrogen) atoms. The highest BCUT2D eigenvalue weighted by Crippen LogP contribution is 2.42. The van der Waals surface area contributed by atoms with Gasteiger partial charge in [-0.1, -0.05) is 44.2 Å². The van der Waals surface area contributed by atoms with Gasteiger partial charge in [0, 0.05) is 30.6 Å². The van der Waals surface area contributed by atoms with Crippen molar-refractivity contribution in [2.75, 3.05) is 6.54 Å². The van der Waals surface area contributed by atoms with Gasteiger partial charge in [0.15, 0.2) is 0 Å². The molecular formula is C27H41N5O2. The molecule has 2 aromatic rings. The van der Waals surface area contributed by atoms with Gasteiger partial charge >= 0.3 is 6.09 Å². The van der Waals surface area contributed by atoms with E-state index in [1.165, 1.54) is 12.8 Å². The van der Waals surface area contributed by atoms with Crippen molar-refractivity contribution in [2.24, 2.45) is 0 Å². The zero-order valence-electron chi connectivity index (χ0n) is 21.6. The van der Waals surface area contributed by atoms with Gasteiger partial charge in [-0.25, -0.2) is 4.79 Å². The Balaban J connectivity index is 1.43. The third-order valence-corrected chi connectivity index (χ3v) is 7.20. The fourth-order valence-corrected chi connectivity index (χ4v) is 5.79. The lowest BCUT2D eigenvalue weighted by Crippen LogP contribution is -2.45. The number of benzene rings is 1. The molecule has 1 amide bonds. The topological polar surface area (TPSA) is 72.3 Å². The Kier molecular flexibility index (Phi) is 7.31. The molecule has 2 aliphatic heterocycles. The molecule has 3 heterocycles. The number of nitrogens with one attached hydrogen (secondary N) is 1. The summed E-state index contributed by atoms with van der Waals surface area (Å²) in [6.07, 6.45) is 5.29. The van der Waals surface area contributed by atoms with E-state index in [0.717, 1.165) is 43.0 Å². The largest absolute Gasteiger partial charge is 0.444 e. The quantitative estimate of drug-likeness (QED) is 0.579. The molecule has 4 atom stereocenters. The molecule has 2 fully saturated rings. The summed E-state index contributed by atoms with van der Waals surface area (Å²) in [5.41, 5.74) is 0.610. The zero-order valence-corrected chi connectivity index (χ0v) is 21.6. The average Bonchev–Trinajstić information content (AvgIpc) is 3.26. The number of ether oxygens (including phenoxy) is 1. The van der Waals surface area contributed by atoms with Gasteiger partial charge < -0.3 is 14.6 Å². The number of hydrogen-bond donors (Lipinski definition) is 1. The predicted octanol–water partition coefficient (Wildman–Crippen LogP) is 5.53. The molecule has 0 aliphatic carbocycles. The second-order valence-corrected chi connectivity index (χ2v) is 11.3. The highest BCUT2D eigenvalue weighted by atomic mass is 16.6. The second kappa shape index (κ2) is 10.1. The van der Waals surface area contributed by atoms with Crippen LogP contribution in [-0.4, -0.2) is 50.0 Å². The van der Waals surface area contributed by atoms with Crippen molar-refractivity contribution < 1.29 is 9.53 Å². The van der Waals surface area contributed by atoms with Crippen LogP contribution >= 0.6 is 0 Å². The number of hydrogen-bond acceptors (Lipinski definition) is 5. The van der Waals surface area contributed by atoms with Crippen molar-refractivity contribution in [3.8, 4) is 0 Å². The van der Waals surface area contributed by atoms with E-state index in [-0.39, 0.29) is 12.1 Å². The molecule has 186 valence electrons. The molecule has 0 saturated carbocycles. The number of fused-ring (bicyclic) bond motifs is 2. The van der Waals surface area contributed by atoms with Gasteiger partial charge in [0.2, 0.25) is 0 Å². The smallest absolute Gasteiger partial charge is 0.408 e. The summed E-state index contributed by atoms with van der Waals surface area (Å²) in [6, 6.07) is 11.8. The van der Waals surface area contributed by atoms with Crippen LogP contribution in [0.2, 0.25) is 0 Å². The molecule has 2 bridgehead atoms. The third-order valence-electron chi connectivity index (χ3n) is 7.20. The lowest BCUT2D eigenvalue weighted by molar-refractivity contribution is 0.0488. The molecule has 7 nitrogen and oxygen atoms in total. The molecule has 1 aromatic heterocycles. The summed E-state index contributed by atoms with van der Waals surface area (Å²) in [6.45, 7) is 13.1. The molecule has 0 radical (unpaired) electrons. The number of amides is 1. The van der Waals surface area contributed by atoms with Crippen molar-refractivity contribution >= 4 is 6.09 Å². The van der Waals surface area contributed by atoms with E-state index in [0.29, 0.717) is 24.0 Å². The first-order valence-electron chi connectivity index (χ1n) is 12.8. The van der Waals surface area contributed by atoms with E-state index in [1.807, 2.05) is 39.0 Å². The van der Waals surface area contributed by atoms with Crippen molar-refractivity contribution in [3.63, 3.8) is 0 Å². The molecular weight excluding hydrogens is 426 g/mol. The van der Waals surface area contributed by atoms with Gasteiger partial charge in [-0.2, -0.15) is 0 Å². The number of carbonyl (C=O) groups excluding carboxylic acids is 1. The fraction of sp³-hybridized carbons (Fsp3) is 0.667. The van der Waals surface area contributed by atoms with Gasteiger partial charge in [0.05, 0.1) is 6.04 Å². The number of alkyl carbamates (subject to hydrolysis) is 1. The maximum atomic E-state index is 12.6. The second-order valence-electron chi connectivity index (χ2n) is 11.3. The maximum Gasteiger partial charge on any atom is 0.408 e. The van der Waals surface area contributed by atoms with E-state index in [2.05, 4.69) is 57.9 Å². The normalized spacial score (nSPS) is 23.8. The summed E-state index contributed by atoms with van der Waals surface area (Å²) >= 11 is 0. The Morgan fingerprint density at radius 1 is 1.09 bits per heavy atom. The first-order valence-corrected chi connectivity index (χ1v) is 12.8. The van der Waals surface area contributed by atoms with E-state index in [1.54, 1.807) is 0 Å². The highest BCUT2D eigenvalue weighted by Gasteiger charge is 2.42. The number of piperidine rings is 1. The van der Waals surface area contributed by atoms with Crippen LogP contribution < -0.4 is 5.32 Å². The van der Waals surface area contributed by atoms with Crippen molar-refractivity contribution in [1.82, 2.24) is 25.0 Å². The SMILES string of the molecule is Cc1nnc(C(C)C)n1[C@@H]1C[C@H]2CC[C@@H](C1)N2CC[C@H](NC(=O)OC(C)(C)C)c1ccccc1. The monoisotopic (exact) mass is 467 g/mol. The summed E-state index contributed by atoms with van der Waals surface area (Å²) in [7, 11) is 0. The molecule has 4 rings (SSSR count). The molecule has 2 aliphatic rings.